The third-order valence-corrected chi connectivity index (χ3v) is 7.81. The molecule has 5 rings (SSSR count). The lowest BCUT2D eigenvalue weighted by molar-refractivity contribution is -0.145. The number of carbonyl (C=O) groups is 3. The minimum Gasteiger partial charge on any atom is -0.391 e. The maximum Gasteiger partial charge on any atom is 0.248 e. The zero-order valence-corrected chi connectivity index (χ0v) is 22.6. The quantitative estimate of drug-likeness (QED) is 0.543. The molecule has 3 unspecified atom stereocenters. The molecule has 3 aliphatic rings. The van der Waals surface area contributed by atoms with Crippen molar-refractivity contribution in [2.24, 2.45) is 12.5 Å². The molecule has 0 aromatic carbocycles. The molecule has 3 fully saturated rings. The van der Waals surface area contributed by atoms with Crippen molar-refractivity contribution in [3.8, 4) is 0 Å². The summed E-state index contributed by atoms with van der Waals surface area (Å²) < 4.78 is 3.48. The molecule has 2 aromatic rings. The number of β-amino-alcohol motifs (C(OH)–C–C–N with tert-alkyl or cyclic N) is 1. The molecule has 4 heterocycles. The van der Waals surface area contributed by atoms with E-state index in [0.717, 1.165) is 30.8 Å². The molecule has 12 nitrogen and oxygen atoms in total. The number of piperidine rings is 1. The van der Waals surface area contributed by atoms with E-state index in [1.807, 2.05) is 44.8 Å². The summed E-state index contributed by atoms with van der Waals surface area (Å²) in [7, 11) is 1.88. The molecular weight excluding hydrogens is 488 g/mol. The van der Waals surface area contributed by atoms with Crippen molar-refractivity contribution in [3.05, 3.63) is 30.1 Å². The number of rotatable bonds is 7. The minimum absolute atomic E-state index is 0.0532. The van der Waals surface area contributed by atoms with Crippen LogP contribution in [0.15, 0.2) is 18.6 Å². The van der Waals surface area contributed by atoms with Gasteiger partial charge in [-0.05, 0) is 31.1 Å². The zero-order chi connectivity index (χ0) is 27.2. The molecule has 4 atom stereocenters. The van der Waals surface area contributed by atoms with Crippen LogP contribution in [0.3, 0.4) is 0 Å². The van der Waals surface area contributed by atoms with E-state index in [4.69, 9.17) is 0 Å². The van der Waals surface area contributed by atoms with Crippen LogP contribution in [0, 0.1) is 5.41 Å². The van der Waals surface area contributed by atoms with Crippen LogP contribution in [0.2, 0.25) is 0 Å². The summed E-state index contributed by atoms with van der Waals surface area (Å²) in [6.45, 7) is 6.87. The lowest BCUT2D eigenvalue weighted by Crippen LogP contribution is -2.56. The van der Waals surface area contributed by atoms with Crippen LogP contribution >= 0.6 is 0 Å². The highest BCUT2D eigenvalue weighted by molar-refractivity contribution is 5.93. The van der Waals surface area contributed by atoms with E-state index in [1.54, 1.807) is 15.8 Å². The Labute approximate surface area is 222 Å². The number of aromatic nitrogens is 5. The molecule has 2 aliphatic heterocycles. The van der Waals surface area contributed by atoms with E-state index in [2.05, 4.69) is 20.6 Å². The predicted octanol–water partition coefficient (Wildman–Crippen LogP) is 0.745. The van der Waals surface area contributed by atoms with Crippen LogP contribution in [0.1, 0.15) is 76.4 Å². The van der Waals surface area contributed by atoms with Gasteiger partial charge in [-0.15, -0.1) is 5.10 Å². The summed E-state index contributed by atoms with van der Waals surface area (Å²) in [4.78, 5) is 48.1. The van der Waals surface area contributed by atoms with Gasteiger partial charge in [0.1, 0.15) is 23.9 Å². The number of hydrogen-bond acceptors (Lipinski definition) is 7. The molecule has 0 spiro atoms. The Morgan fingerprint density at radius 2 is 2.00 bits per heavy atom. The van der Waals surface area contributed by atoms with Crippen molar-refractivity contribution >= 4 is 17.7 Å². The van der Waals surface area contributed by atoms with Gasteiger partial charge >= 0.3 is 0 Å². The second kappa shape index (κ2) is 10.1. The Morgan fingerprint density at radius 3 is 2.66 bits per heavy atom. The van der Waals surface area contributed by atoms with Crippen molar-refractivity contribution < 1.29 is 19.5 Å². The highest BCUT2D eigenvalue weighted by Gasteiger charge is 2.46. The summed E-state index contributed by atoms with van der Waals surface area (Å²) >= 11 is 0. The average molecular weight is 527 g/mol. The number of aryl methyl sites for hydroxylation is 1. The highest BCUT2D eigenvalue weighted by atomic mass is 16.3. The molecule has 2 saturated heterocycles. The van der Waals surface area contributed by atoms with Crippen LogP contribution in [-0.4, -0.2) is 88.4 Å². The number of imidazole rings is 1. The first kappa shape index (κ1) is 26.3. The van der Waals surface area contributed by atoms with Crippen molar-refractivity contribution in [3.63, 3.8) is 0 Å². The summed E-state index contributed by atoms with van der Waals surface area (Å²) in [6, 6.07) is -2.24. The van der Waals surface area contributed by atoms with E-state index >= 15 is 0 Å². The fourth-order valence-corrected chi connectivity index (χ4v) is 5.54. The topological polar surface area (TPSA) is 138 Å². The van der Waals surface area contributed by atoms with Crippen molar-refractivity contribution in [2.75, 3.05) is 13.1 Å². The Morgan fingerprint density at radius 1 is 1.24 bits per heavy atom. The lowest BCUT2D eigenvalue weighted by Gasteiger charge is -2.36. The van der Waals surface area contributed by atoms with Crippen LogP contribution < -0.4 is 5.32 Å². The molecule has 206 valence electrons. The largest absolute Gasteiger partial charge is 0.391 e. The number of likely N-dealkylation sites (tertiary alicyclic amines) is 2. The number of hydrogen-bond donors (Lipinski definition) is 2. The molecule has 0 radical (unpaired) electrons. The smallest absolute Gasteiger partial charge is 0.248 e. The Hall–Kier alpha value is -3.28. The maximum absolute atomic E-state index is 13.9. The monoisotopic (exact) mass is 526 g/mol. The first-order valence-electron chi connectivity index (χ1n) is 13.5. The maximum atomic E-state index is 13.9. The Kier molecular flexibility index (Phi) is 7.01. The fourth-order valence-electron chi connectivity index (χ4n) is 5.54. The molecule has 2 N–H and O–H groups in total. The first-order chi connectivity index (χ1) is 18.0. The van der Waals surface area contributed by atoms with Gasteiger partial charge in [-0.1, -0.05) is 26.0 Å². The number of carbonyl (C=O) groups excluding carboxylic acids is 3. The molecule has 3 amide bonds. The van der Waals surface area contributed by atoms with E-state index in [9.17, 15) is 19.5 Å². The van der Waals surface area contributed by atoms with Crippen LogP contribution in [0.5, 0.6) is 0 Å². The SMILES string of the molecule is Cn1ccnc1CN1CCCC(NC(=O)C2CC(O)CN2C(=O)[C@@H](n2cc(C3CC3)nn2)C(C)(C)C)C1=O. The Balaban J connectivity index is 1.30. The number of aliphatic hydroxyl groups is 1. The van der Waals surface area contributed by atoms with E-state index in [-0.39, 0.29) is 24.8 Å². The molecule has 12 heteroatoms. The molecule has 1 saturated carbocycles. The molecule has 0 bridgehead atoms. The van der Waals surface area contributed by atoms with Gasteiger partial charge < -0.3 is 24.8 Å². The van der Waals surface area contributed by atoms with Crippen LogP contribution in [-0.2, 0) is 28.0 Å². The number of nitrogens with zero attached hydrogens (tertiary/aromatic N) is 7. The number of aliphatic hydroxyl groups excluding tert-OH is 1. The zero-order valence-electron chi connectivity index (χ0n) is 22.6. The van der Waals surface area contributed by atoms with E-state index in [0.29, 0.717) is 25.4 Å². The summed E-state index contributed by atoms with van der Waals surface area (Å²) in [6.07, 6.45) is 8.08. The third kappa shape index (κ3) is 5.31. The van der Waals surface area contributed by atoms with E-state index < -0.39 is 35.6 Å². The van der Waals surface area contributed by atoms with Gasteiger partial charge in [0.2, 0.25) is 17.7 Å². The normalized spacial score (nSPS) is 25.1. The summed E-state index contributed by atoms with van der Waals surface area (Å²) in [5, 5.41) is 21.9. The Bertz CT molecular complexity index is 1200. The van der Waals surface area contributed by atoms with Crippen molar-refractivity contribution in [1.29, 1.82) is 0 Å². The third-order valence-electron chi connectivity index (χ3n) is 7.81. The molecule has 38 heavy (non-hydrogen) atoms. The van der Waals surface area contributed by atoms with Crippen molar-refractivity contribution in [1.82, 2.24) is 39.7 Å². The number of amides is 3. The molecule has 2 aromatic heterocycles. The molecular formula is C26H38N8O4. The van der Waals surface area contributed by atoms with Gasteiger partial charge in [-0.3, -0.25) is 14.4 Å². The second-order valence-corrected chi connectivity index (χ2v) is 12.0. The van der Waals surface area contributed by atoms with E-state index in [1.165, 1.54) is 4.90 Å². The van der Waals surface area contributed by atoms with Gasteiger partial charge in [-0.2, -0.15) is 0 Å². The minimum atomic E-state index is -0.869. The standard InChI is InChI=1S/C26H38N8O4/c1-26(2,3)22(34-14-19(29-30-34)16-7-8-16)25(38)33-13-17(35)12-20(33)23(36)28-18-6-5-10-32(24(18)37)15-21-27-9-11-31(21)4/h9,11,14,16-18,20,22,35H,5-8,10,12-13,15H2,1-4H3,(H,28,36)/t17?,18?,20?,22-/m1/s1. The van der Waals surface area contributed by atoms with Gasteiger partial charge in [-0.25, -0.2) is 9.67 Å². The van der Waals surface area contributed by atoms with Crippen molar-refractivity contribution in [2.45, 2.75) is 89.6 Å². The number of nitrogens with one attached hydrogen (secondary N) is 1. The fraction of sp³-hybridized carbons (Fsp3) is 0.692. The lowest BCUT2D eigenvalue weighted by atomic mass is 9.85. The van der Waals surface area contributed by atoms with Gasteiger partial charge in [0.05, 0.1) is 18.3 Å². The van der Waals surface area contributed by atoms with Crippen LogP contribution in [0.4, 0.5) is 0 Å². The average Bonchev–Trinajstić information content (AvgIpc) is 3.24. The van der Waals surface area contributed by atoms with Gasteiger partial charge in [0.15, 0.2) is 0 Å². The van der Waals surface area contributed by atoms with Crippen LogP contribution in [0.25, 0.3) is 0 Å². The highest BCUT2D eigenvalue weighted by Crippen LogP contribution is 2.40. The summed E-state index contributed by atoms with van der Waals surface area (Å²) in [5.41, 5.74) is 0.374. The second-order valence-electron chi connectivity index (χ2n) is 12.0. The van der Waals surface area contributed by atoms with Gasteiger partial charge in [0, 0.05) is 51.1 Å². The summed E-state index contributed by atoms with van der Waals surface area (Å²) in [5.74, 6) is 0.306. The van der Waals surface area contributed by atoms with Gasteiger partial charge in [0.25, 0.3) is 0 Å². The predicted molar refractivity (Wildman–Crippen MR) is 136 cm³/mol. The molecule has 1 aliphatic carbocycles. The first-order valence-corrected chi connectivity index (χ1v) is 13.5.